The maximum absolute atomic E-state index is 14.3. The number of hydrogen-bond acceptors (Lipinski definition) is 10. The van der Waals surface area contributed by atoms with Crippen molar-refractivity contribution in [2.24, 2.45) is 0 Å². The van der Waals surface area contributed by atoms with Crippen LogP contribution in [0.3, 0.4) is 0 Å². The summed E-state index contributed by atoms with van der Waals surface area (Å²) < 4.78 is 19.3. The maximum atomic E-state index is 14.3. The number of anilines is 7. The summed E-state index contributed by atoms with van der Waals surface area (Å²) in [5.74, 6) is 0.542. The molecule has 71 heavy (non-hydrogen) atoms. The number of likely N-dealkylation sites (N-methyl/N-ethyl adjacent to an activating group) is 1. The number of nitrogens with one attached hydrogen (secondary N) is 2. The van der Waals surface area contributed by atoms with Gasteiger partial charge in [-0.1, -0.05) is 110 Å². The third-order valence-corrected chi connectivity index (χ3v) is 13.7. The fourth-order valence-corrected chi connectivity index (χ4v) is 9.72. The van der Waals surface area contributed by atoms with E-state index in [1.165, 1.54) is 9.79 Å². The minimum Gasteiger partial charge on any atom is -0.488 e. The van der Waals surface area contributed by atoms with Crippen molar-refractivity contribution < 1.29 is 19.0 Å². The molecule has 7 rings (SSSR count). The lowest BCUT2D eigenvalue weighted by atomic mass is 10.1. The van der Waals surface area contributed by atoms with Gasteiger partial charge in [-0.25, -0.2) is 0 Å². The molecule has 0 bridgehead atoms. The SMILES string of the molecule is C/C=C\C(=C/C)N(C)c1ccc(N(C(=O)COCC(C)(C)OCCC(C)(C)OC(=C\C=C\C2Nc3ccccc3S2)/C=C/C=C2/Nc3ccccc3S2)c2ccc(N(C)c3ccccc3)cc2)cc1.CC. The highest BCUT2D eigenvalue weighted by molar-refractivity contribution is 8.03. The van der Waals surface area contributed by atoms with Gasteiger partial charge < -0.3 is 34.6 Å². The van der Waals surface area contributed by atoms with Crippen molar-refractivity contribution in [2.45, 2.75) is 88.2 Å². The molecule has 2 N–H and O–H groups in total. The number of benzene rings is 5. The smallest absolute Gasteiger partial charge is 0.257 e. The fourth-order valence-electron chi connectivity index (χ4n) is 7.76. The molecule has 2 aliphatic heterocycles. The van der Waals surface area contributed by atoms with Crippen molar-refractivity contribution >= 4 is 69.2 Å². The van der Waals surface area contributed by atoms with Crippen LogP contribution in [0.1, 0.15) is 61.8 Å². The first-order valence-electron chi connectivity index (χ1n) is 24.4. The zero-order valence-corrected chi connectivity index (χ0v) is 44.7. The molecular weight excluding hydrogens is 919 g/mol. The average molecular weight is 990 g/mol. The Bertz CT molecular complexity index is 2640. The van der Waals surface area contributed by atoms with Crippen LogP contribution in [-0.4, -0.2) is 56.4 Å². The van der Waals surface area contributed by atoms with E-state index in [2.05, 4.69) is 119 Å². The van der Waals surface area contributed by atoms with Crippen LogP contribution in [0.15, 0.2) is 208 Å². The molecule has 0 saturated carbocycles. The number of thioether (sulfide) groups is 2. The monoisotopic (exact) mass is 989 g/mol. The van der Waals surface area contributed by atoms with E-state index < -0.39 is 11.2 Å². The van der Waals surface area contributed by atoms with Crippen LogP contribution < -0.4 is 25.3 Å². The van der Waals surface area contributed by atoms with E-state index in [1.807, 2.05) is 153 Å². The van der Waals surface area contributed by atoms with E-state index in [0.29, 0.717) is 13.0 Å². The number of fused-ring (bicyclic) bond motifs is 2. The lowest BCUT2D eigenvalue weighted by molar-refractivity contribution is -0.127. The van der Waals surface area contributed by atoms with Crippen molar-refractivity contribution in [3.05, 3.63) is 199 Å². The van der Waals surface area contributed by atoms with Gasteiger partial charge in [0.05, 0.1) is 34.9 Å². The number of carbonyl (C=O) groups is 1. The van der Waals surface area contributed by atoms with Crippen LogP contribution in [0.2, 0.25) is 0 Å². The van der Waals surface area contributed by atoms with Gasteiger partial charge in [-0.15, -0.1) is 0 Å². The molecule has 0 aliphatic carbocycles. The number of nitrogens with zero attached hydrogens (tertiary/aromatic N) is 3. The summed E-state index contributed by atoms with van der Waals surface area (Å²) in [6.45, 7) is 16.7. The van der Waals surface area contributed by atoms with Crippen LogP contribution in [-0.2, 0) is 19.0 Å². The predicted molar refractivity (Wildman–Crippen MR) is 304 cm³/mol. The summed E-state index contributed by atoms with van der Waals surface area (Å²) in [5, 5.41) is 8.24. The molecule has 0 saturated heterocycles. The highest BCUT2D eigenvalue weighted by atomic mass is 32.2. The Hall–Kier alpha value is -6.37. The van der Waals surface area contributed by atoms with Gasteiger partial charge in [0.25, 0.3) is 5.91 Å². The quantitative estimate of drug-likeness (QED) is 0.0548. The van der Waals surface area contributed by atoms with Crippen molar-refractivity contribution in [1.29, 1.82) is 0 Å². The van der Waals surface area contributed by atoms with Crippen molar-refractivity contribution in [2.75, 3.05) is 59.2 Å². The van der Waals surface area contributed by atoms with E-state index in [9.17, 15) is 4.79 Å². The van der Waals surface area contributed by atoms with Crippen LogP contribution in [0.5, 0.6) is 0 Å². The topological polar surface area (TPSA) is 78.5 Å². The minimum absolute atomic E-state index is 0.130. The third kappa shape index (κ3) is 15.6. The second-order valence-corrected chi connectivity index (χ2v) is 20.2. The van der Waals surface area contributed by atoms with Gasteiger partial charge in [-0.05, 0) is 151 Å². The first-order chi connectivity index (χ1) is 34.3. The molecule has 11 heteroatoms. The lowest BCUT2D eigenvalue weighted by Gasteiger charge is -2.31. The Kier molecular flexibility index (Phi) is 19.9. The summed E-state index contributed by atoms with van der Waals surface area (Å²) >= 11 is 3.51. The number of amides is 1. The second-order valence-electron chi connectivity index (χ2n) is 17.9. The van der Waals surface area contributed by atoms with Crippen molar-refractivity contribution in [3.8, 4) is 0 Å². The number of hydrogen-bond donors (Lipinski definition) is 2. The van der Waals surface area contributed by atoms with E-state index in [-0.39, 0.29) is 24.5 Å². The molecule has 1 atom stereocenters. The van der Waals surface area contributed by atoms with E-state index >= 15 is 0 Å². The van der Waals surface area contributed by atoms with Gasteiger partial charge in [-0.2, -0.15) is 0 Å². The Morgan fingerprint density at radius 2 is 1.31 bits per heavy atom. The number of carbonyl (C=O) groups excluding carboxylic acids is 1. The Morgan fingerprint density at radius 3 is 1.96 bits per heavy atom. The molecule has 0 fully saturated rings. The second kappa shape index (κ2) is 26.2. The molecule has 0 aromatic heterocycles. The molecule has 372 valence electrons. The largest absolute Gasteiger partial charge is 0.488 e. The molecule has 0 spiro atoms. The Balaban J connectivity index is 0.00000407. The van der Waals surface area contributed by atoms with Gasteiger partial charge in [0.2, 0.25) is 0 Å². The molecule has 9 nitrogen and oxygen atoms in total. The highest BCUT2D eigenvalue weighted by Gasteiger charge is 2.26. The highest BCUT2D eigenvalue weighted by Crippen LogP contribution is 2.41. The summed E-state index contributed by atoms with van der Waals surface area (Å²) in [6.07, 6.45) is 19.1. The minimum atomic E-state index is -0.672. The fraction of sp³-hybridized carbons (Fsp3) is 0.283. The molecule has 1 unspecified atom stereocenters. The maximum Gasteiger partial charge on any atom is 0.257 e. The third-order valence-electron chi connectivity index (χ3n) is 11.5. The number of rotatable bonds is 21. The van der Waals surface area contributed by atoms with Crippen LogP contribution in [0.4, 0.5) is 39.8 Å². The summed E-state index contributed by atoms with van der Waals surface area (Å²) in [6, 6.07) is 42.9. The van der Waals surface area contributed by atoms with Crippen LogP contribution in [0.25, 0.3) is 0 Å². The van der Waals surface area contributed by atoms with Gasteiger partial charge >= 0.3 is 0 Å². The first kappa shape index (κ1) is 54.0. The van der Waals surface area contributed by atoms with Crippen LogP contribution >= 0.6 is 23.5 Å². The first-order valence-corrected chi connectivity index (χ1v) is 26.1. The normalized spacial score (nSPS) is 15.3. The molecule has 5 aromatic carbocycles. The summed E-state index contributed by atoms with van der Waals surface area (Å²) in [4.78, 5) is 22.7. The van der Waals surface area contributed by atoms with Gasteiger partial charge in [-0.3, -0.25) is 9.69 Å². The zero-order chi connectivity index (χ0) is 50.8. The van der Waals surface area contributed by atoms with E-state index in [4.69, 9.17) is 14.2 Å². The van der Waals surface area contributed by atoms with Crippen LogP contribution in [0, 0.1) is 0 Å². The number of para-hydroxylation sites is 3. The van der Waals surface area contributed by atoms with E-state index in [1.54, 1.807) is 28.4 Å². The van der Waals surface area contributed by atoms with Crippen molar-refractivity contribution in [1.82, 2.24) is 0 Å². The predicted octanol–water partition coefficient (Wildman–Crippen LogP) is 15.7. The van der Waals surface area contributed by atoms with E-state index in [0.717, 1.165) is 56.3 Å². The average Bonchev–Trinajstić information content (AvgIpc) is 4.00. The van der Waals surface area contributed by atoms with Gasteiger partial charge in [0, 0.05) is 70.1 Å². The molecule has 2 aliphatic rings. The number of ether oxygens (including phenoxy) is 3. The molecular formula is C60H71N5O4S2. The lowest BCUT2D eigenvalue weighted by Crippen LogP contribution is -2.36. The van der Waals surface area contributed by atoms with Gasteiger partial charge in [0.15, 0.2) is 0 Å². The molecule has 0 radical (unpaired) electrons. The molecule has 2 heterocycles. The zero-order valence-electron chi connectivity index (χ0n) is 43.0. The number of allylic oxidation sites excluding steroid dienone is 8. The Labute approximate surface area is 432 Å². The van der Waals surface area contributed by atoms with Crippen molar-refractivity contribution in [3.63, 3.8) is 0 Å². The van der Waals surface area contributed by atoms with Gasteiger partial charge in [0.1, 0.15) is 18.0 Å². The summed E-state index contributed by atoms with van der Waals surface area (Å²) in [7, 11) is 4.07. The molecule has 1 amide bonds. The standard InChI is InChI=1S/C58H65N5O4S2.C2H6/c1-9-20-43(10-2)61(7)45-31-35-47(36-32-45)63(48-37-33-46(34-38-48)62(8)44-21-12-11-13-22-44)56(64)41-65-42-58(5,6)66-40-39-57(3,4)67-49(23-18-29-54-59-50-25-14-16-27-52(50)68-54)24-19-30-55-60-51-26-15-17-28-53(51)69-55;1-2/h9-38,54,59-60H,39-42H2,1-8H3;1-2H3/b20-9-,24-19+,29-18+,43-10+,49-23-,55-30-;. The molecule has 5 aromatic rings. The summed E-state index contributed by atoms with van der Waals surface area (Å²) in [5.41, 5.74) is 6.67. The Morgan fingerprint density at radius 1 is 0.704 bits per heavy atom.